The first kappa shape index (κ1) is 18.4. The molecule has 0 aromatic heterocycles. The summed E-state index contributed by atoms with van der Waals surface area (Å²) in [5.41, 5.74) is 0.926. The molecule has 10 heteroatoms. The molecule has 1 aromatic carbocycles. The number of amides is 1. The van der Waals surface area contributed by atoms with E-state index in [2.05, 4.69) is 0 Å². The van der Waals surface area contributed by atoms with Crippen LogP contribution < -0.4 is 0 Å². The van der Waals surface area contributed by atoms with Crippen LogP contribution in [0, 0.1) is 10.1 Å². The van der Waals surface area contributed by atoms with Crippen molar-refractivity contribution in [3.05, 3.63) is 39.4 Å². The molecule has 1 heterocycles. The molecule has 1 amide bonds. The maximum atomic E-state index is 12.3. The fraction of sp³-hybridized carbons (Fsp3) is 0.385. The second-order valence-corrected chi connectivity index (χ2v) is 4.70. The molecule has 0 aliphatic carbocycles. The van der Waals surface area contributed by atoms with E-state index < -0.39 is 23.0 Å². The Bertz CT molecular complexity index is 627. The zero-order valence-electron chi connectivity index (χ0n) is 12.0. The molecule has 1 aliphatic rings. The number of alkyl halides is 3. The third-order valence-corrected chi connectivity index (χ3v) is 2.94. The van der Waals surface area contributed by atoms with Gasteiger partial charge in [0, 0.05) is 32.1 Å². The van der Waals surface area contributed by atoms with E-state index in [4.69, 9.17) is 9.90 Å². The van der Waals surface area contributed by atoms with Crippen molar-refractivity contribution in [2.75, 3.05) is 6.54 Å². The van der Waals surface area contributed by atoms with Crippen molar-refractivity contribution >= 4 is 17.6 Å². The van der Waals surface area contributed by atoms with Crippen LogP contribution in [-0.4, -0.2) is 39.5 Å². The van der Waals surface area contributed by atoms with Crippen molar-refractivity contribution in [3.8, 4) is 0 Å². The van der Waals surface area contributed by atoms with Crippen LogP contribution in [-0.2, 0) is 22.6 Å². The number of non-ortho nitro benzene ring substituents is 1. The number of carbonyl (C=O) groups excluding carboxylic acids is 1. The highest BCUT2D eigenvalue weighted by atomic mass is 19.4. The largest absolute Gasteiger partial charge is 0.481 e. The van der Waals surface area contributed by atoms with Gasteiger partial charge in [0.05, 0.1) is 4.92 Å². The second kappa shape index (κ2) is 7.07. The van der Waals surface area contributed by atoms with Crippen LogP contribution in [0.5, 0.6) is 0 Å². The molecule has 1 aliphatic heterocycles. The van der Waals surface area contributed by atoms with Crippen LogP contribution in [0.2, 0.25) is 0 Å². The fourth-order valence-corrected chi connectivity index (χ4v) is 2.01. The summed E-state index contributed by atoms with van der Waals surface area (Å²) in [6, 6.07) is 4.04. The Morgan fingerprint density at radius 3 is 2.35 bits per heavy atom. The number of halogens is 3. The number of fused-ring (bicyclic) bond motifs is 1. The minimum absolute atomic E-state index is 0.0385. The Balaban J connectivity index is 0.000000593. The van der Waals surface area contributed by atoms with Crippen molar-refractivity contribution in [2.45, 2.75) is 26.1 Å². The van der Waals surface area contributed by atoms with Crippen molar-refractivity contribution in [2.24, 2.45) is 0 Å². The smallest absolute Gasteiger partial charge is 0.471 e. The minimum atomic E-state index is -4.92. The van der Waals surface area contributed by atoms with Gasteiger partial charge in [-0.2, -0.15) is 13.2 Å². The molecule has 0 fully saturated rings. The predicted molar refractivity (Wildman–Crippen MR) is 71.6 cm³/mol. The van der Waals surface area contributed by atoms with Crippen molar-refractivity contribution < 1.29 is 32.8 Å². The number of hydrogen-bond donors (Lipinski definition) is 1. The van der Waals surface area contributed by atoms with Gasteiger partial charge in [-0.25, -0.2) is 0 Å². The summed E-state index contributed by atoms with van der Waals surface area (Å²) in [7, 11) is 0. The molecule has 0 spiro atoms. The van der Waals surface area contributed by atoms with Crippen LogP contribution in [0.25, 0.3) is 0 Å². The number of benzene rings is 1. The molecule has 0 radical (unpaired) electrons. The van der Waals surface area contributed by atoms with E-state index in [9.17, 15) is 28.1 Å². The maximum Gasteiger partial charge on any atom is 0.471 e. The summed E-state index contributed by atoms with van der Waals surface area (Å²) in [6.45, 7) is 0.790. The summed E-state index contributed by atoms with van der Waals surface area (Å²) in [5, 5.41) is 18.0. The topological polar surface area (TPSA) is 101 Å². The summed E-state index contributed by atoms with van der Waals surface area (Å²) in [6.07, 6.45) is -4.66. The Labute approximate surface area is 128 Å². The van der Waals surface area contributed by atoms with Crippen LogP contribution >= 0.6 is 0 Å². The van der Waals surface area contributed by atoms with E-state index in [0.717, 1.165) is 12.5 Å². The maximum absolute atomic E-state index is 12.3. The lowest BCUT2D eigenvalue weighted by atomic mass is 9.99. The van der Waals surface area contributed by atoms with Gasteiger partial charge >= 0.3 is 12.1 Å². The molecule has 1 N–H and O–H groups in total. The van der Waals surface area contributed by atoms with Gasteiger partial charge in [0.2, 0.25) is 0 Å². The molecular formula is C13H13F3N2O5. The second-order valence-electron chi connectivity index (χ2n) is 4.70. The molecule has 0 unspecified atom stereocenters. The molecule has 2 rings (SSSR count). The quantitative estimate of drug-likeness (QED) is 0.626. The lowest BCUT2D eigenvalue weighted by Crippen LogP contribution is -2.43. The monoisotopic (exact) mass is 334 g/mol. The third kappa shape index (κ3) is 5.24. The van der Waals surface area contributed by atoms with E-state index in [1.165, 1.54) is 18.2 Å². The normalized spacial score (nSPS) is 13.5. The lowest BCUT2D eigenvalue weighted by molar-refractivity contribution is -0.385. The number of hydrogen-bond acceptors (Lipinski definition) is 4. The molecule has 0 bridgehead atoms. The average Bonchev–Trinajstić information content (AvgIpc) is 2.43. The SMILES string of the molecule is CC(=O)O.O=C(N1CCc2ccc([N+](=O)[O-])cc2C1)C(F)(F)F. The summed E-state index contributed by atoms with van der Waals surface area (Å²) < 4.78 is 37.0. The zero-order valence-corrected chi connectivity index (χ0v) is 12.0. The Morgan fingerprint density at radius 2 is 1.87 bits per heavy atom. The van der Waals surface area contributed by atoms with E-state index in [1.54, 1.807) is 0 Å². The number of nitrogens with zero attached hydrogens (tertiary/aromatic N) is 2. The molecule has 0 saturated carbocycles. The number of aliphatic carboxylic acids is 1. The summed E-state index contributed by atoms with van der Waals surface area (Å²) in [5.74, 6) is -2.75. The lowest BCUT2D eigenvalue weighted by Gasteiger charge is -2.29. The molecule has 0 saturated heterocycles. The van der Waals surface area contributed by atoms with E-state index >= 15 is 0 Å². The van der Waals surface area contributed by atoms with Crippen molar-refractivity contribution in [3.63, 3.8) is 0 Å². The van der Waals surface area contributed by atoms with E-state index in [1.807, 2.05) is 0 Å². The third-order valence-electron chi connectivity index (χ3n) is 2.94. The average molecular weight is 334 g/mol. The highest BCUT2D eigenvalue weighted by Crippen LogP contribution is 2.27. The highest BCUT2D eigenvalue weighted by molar-refractivity contribution is 5.82. The number of rotatable bonds is 1. The van der Waals surface area contributed by atoms with Gasteiger partial charge in [0.25, 0.3) is 11.7 Å². The first-order valence-corrected chi connectivity index (χ1v) is 6.34. The van der Waals surface area contributed by atoms with Gasteiger partial charge in [-0.15, -0.1) is 0 Å². The number of carboxylic acid groups (broad SMARTS) is 1. The fourth-order valence-electron chi connectivity index (χ4n) is 2.01. The predicted octanol–water partition coefficient (Wildman–Crippen LogP) is 2.13. The summed E-state index contributed by atoms with van der Waals surface area (Å²) >= 11 is 0. The van der Waals surface area contributed by atoms with E-state index in [-0.39, 0.29) is 25.2 Å². The van der Waals surface area contributed by atoms with Gasteiger partial charge in [0.15, 0.2) is 0 Å². The number of carbonyl (C=O) groups is 2. The van der Waals surface area contributed by atoms with Crippen LogP contribution in [0.4, 0.5) is 18.9 Å². The summed E-state index contributed by atoms with van der Waals surface area (Å²) in [4.78, 5) is 30.8. The molecule has 7 nitrogen and oxygen atoms in total. The van der Waals surface area contributed by atoms with Gasteiger partial charge in [-0.05, 0) is 17.5 Å². The van der Waals surface area contributed by atoms with Gasteiger partial charge in [-0.3, -0.25) is 19.7 Å². The standard InChI is InChI=1S/C11H9F3N2O3.C2H4O2/c12-11(13,14)10(17)15-4-3-7-1-2-9(16(18)19)5-8(7)6-15;1-2(3)4/h1-2,5H,3-4,6H2;1H3,(H,3,4). The van der Waals surface area contributed by atoms with Gasteiger partial charge in [0.1, 0.15) is 0 Å². The van der Waals surface area contributed by atoms with Crippen LogP contribution in [0.1, 0.15) is 18.1 Å². The molecule has 1 aromatic rings. The zero-order chi connectivity index (χ0) is 17.8. The number of nitro benzene ring substituents is 1. The molecule has 23 heavy (non-hydrogen) atoms. The van der Waals surface area contributed by atoms with E-state index in [0.29, 0.717) is 10.5 Å². The first-order valence-electron chi connectivity index (χ1n) is 6.34. The number of nitro groups is 1. The van der Waals surface area contributed by atoms with Crippen LogP contribution in [0.3, 0.4) is 0 Å². The Hall–Kier alpha value is -2.65. The van der Waals surface area contributed by atoms with Gasteiger partial charge < -0.3 is 10.0 Å². The highest BCUT2D eigenvalue weighted by Gasteiger charge is 2.43. The first-order chi connectivity index (χ1) is 10.5. The molecular weight excluding hydrogens is 321 g/mol. The minimum Gasteiger partial charge on any atom is -0.481 e. The van der Waals surface area contributed by atoms with Crippen molar-refractivity contribution in [1.29, 1.82) is 0 Å². The Kier molecular flexibility index (Phi) is 5.66. The van der Waals surface area contributed by atoms with Crippen molar-refractivity contribution in [1.82, 2.24) is 4.90 Å². The van der Waals surface area contributed by atoms with Crippen LogP contribution in [0.15, 0.2) is 18.2 Å². The van der Waals surface area contributed by atoms with Gasteiger partial charge in [-0.1, -0.05) is 6.07 Å². The number of carboxylic acids is 1. The molecule has 126 valence electrons. The molecule has 0 atom stereocenters. The Morgan fingerprint density at radius 1 is 1.30 bits per heavy atom.